The summed E-state index contributed by atoms with van der Waals surface area (Å²) in [5, 5.41) is 0. The minimum Gasteiger partial charge on any atom is -0.318 e. The van der Waals surface area contributed by atoms with E-state index in [0.717, 1.165) is 6.42 Å². The predicted octanol–water partition coefficient (Wildman–Crippen LogP) is 3.17. The number of aryl methyl sites for hydroxylation is 1. The summed E-state index contributed by atoms with van der Waals surface area (Å²) >= 11 is 0. The minimum absolute atomic E-state index is 0.344. The molecule has 0 spiro atoms. The first-order valence-electron chi connectivity index (χ1n) is 6.30. The lowest BCUT2D eigenvalue weighted by Crippen LogP contribution is -2.23. The Kier molecular flexibility index (Phi) is 6.58. The van der Waals surface area contributed by atoms with Crippen molar-refractivity contribution in [3.63, 3.8) is 0 Å². The third-order valence-corrected chi connectivity index (χ3v) is 4.90. The van der Waals surface area contributed by atoms with Crippen molar-refractivity contribution in [2.75, 3.05) is 13.2 Å². The number of hydrogen-bond donors (Lipinski definition) is 1. The molecule has 4 nitrogen and oxygen atoms in total. The van der Waals surface area contributed by atoms with Crippen molar-refractivity contribution in [1.29, 1.82) is 0 Å². The van der Waals surface area contributed by atoms with E-state index < -0.39 is 13.4 Å². The molecule has 0 radical (unpaired) electrons. The van der Waals surface area contributed by atoms with Crippen molar-refractivity contribution in [2.45, 2.75) is 32.5 Å². The van der Waals surface area contributed by atoms with Crippen LogP contribution in [0.1, 0.15) is 25.8 Å². The molecule has 1 rings (SSSR count). The number of benzene rings is 1. The maximum Gasteiger partial charge on any atom is 0.347 e. The maximum absolute atomic E-state index is 12.4. The van der Waals surface area contributed by atoms with Crippen LogP contribution in [0.25, 0.3) is 0 Å². The van der Waals surface area contributed by atoms with Crippen molar-refractivity contribution in [3.8, 4) is 0 Å². The summed E-state index contributed by atoms with van der Waals surface area (Å²) < 4.78 is 22.8. The average Bonchev–Trinajstić information content (AvgIpc) is 2.37. The SMILES string of the molecule is CCOP(=O)(OCC)C(N)CCc1ccccc1. The summed E-state index contributed by atoms with van der Waals surface area (Å²) in [4.78, 5) is 0. The van der Waals surface area contributed by atoms with Crippen LogP contribution in [-0.2, 0) is 20.0 Å². The van der Waals surface area contributed by atoms with Gasteiger partial charge in [-0.2, -0.15) is 0 Å². The van der Waals surface area contributed by atoms with Gasteiger partial charge in [0.1, 0.15) is 5.78 Å². The van der Waals surface area contributed by atoms with Crippen LogP contribution in [0, 0.1) is 0 Å². The quantitative estimate of drug-likeness (QED) is 0.738. The Labute approximate surface area is 109 Å². The predicted molar refractivity (Wildman–Crippen MR) is 73.6 cm³/mol. The van der Waals surface area contributed by atoms with E-state index in [1.165, 1.54) is 5.56 Å². The molecule has 1 unspecified atom stereocenters. The maximum atomic E-state index is 12.4. The Balaban J connectivity index is 2.57. The Hall–Kier alpha value is -0.670. The molecule has 0 saturated heterocycles. The van der Waals surface area contributed by atoms with E-state index in [-0.39, 0.29) is 0 Å². The highest BCUT2D eigenvalue weighted by molar-refractivity contribution is 7.54. The van der Waals surface area contributed by atoms with Gasteiger partial charge in [-0.15, -0.1) is 0 Å². The standard InChI is InChI=1S/C13H22NO3P/c1-3-16-18(15,17-4-2)13(14)11-10-12-8-6-5-7-9-12/h5-9,13H,3-4,10-11,14H2,1-2H3. The van der Waals surface area contributed by atoms with Crippen LogP contribution in [0.4, 0.5) is 0 Å². The molecule has 102 valence electrons. The van der Waals surface area contributed by atoms with E-state index in [9.17, 15) is 4.57 Å². The van der Waals surface area contributed by atoms with Crippen molar-refractivity contribution >= 4 is 7.60 Å². The highest BCUT2D eigenvalue weighted by atomic mass is 31.2. The van der Waals surface area contributed by atoms with Crippen molar-refractivity contribution in [1.82, 2.24) is 0 Å². The highest BCUT2D eigenvalue weighted by Crippen LogP contribution is 2.52. The molecule has 0 aliphatic carbocycles. The highest BCUT2D eigenvalue weighted by Gasteiger charge is 2.31. The molecular formula is C13H22NO3P. The monoisotopic (exact) mass is 271 g/mol. The summed E-state index contributed by atoms with van der Waals surface area (Å²) in [7, 11) is -3.17. The first kappa shape index (κ1) is 15.4. The zero-order valence-electron chi connectivity index (χ0n) is 11.0. The Morgan fingerprint density at radius 3 is 2.22 bits per heavy atom. The van der Waals surface area contributed by atoms with Gasteiger partial charge in [0.05, 0.1) is 13.2 Å². The van der Waals surface area contributed by atoms with E-state index in [4.69, 9.17) is 14.8 Å². The molecule has 0 aliphatic rings. The van der Waals surface area contributed by atoms with Crippen LogP contribution >= 0.6 is 7.60 Å². The third-order valence-electron chi connectivity index (χ3n) is 2.60. The van der Waals surface area contributed by atoms with Gasteiger partial charge in [-0.05, 0) is 32.3 Å². The molecule has 18 heavy (non-hydrogen) atoms. The number of rotatable bonds is 8. The zero-order chi connectivity index (χ0) is 13.4. The van der Waals surface area contributed by atoms with E-state index >= 15 is 0 Å². The van der Waals surface area contributed by atoms with Gasteiger partial charge in [-0.1, -0.05) is 30.3 Å². The molecule has 0 fully saturated rings. The normalized spacial score (nSPS) is 13.5. The van der Waals surface area contributed by atoms with E-state index in [2.05, 4.69) is 0 Å². The molecule has 1 aromatic rings. The Bertz CT molecular complexity index is 373. The molecular weight excluding hydrogens is 249 g/mol. The zero-order valence-corrected chi connectivity index (χ0v) is 11.9. The van der Waals surface area contributed by atoms with Crippen LogP contribution in [0.3, 0.4) is 0 Å². The second-order valence-corrected chi connectivity index (χ2v) is 6.23. The second-order valence-electron chi connectivity index (χ2n) is 3.97. The molecule has 0 saturated carbocycles. The van der Waals surface area contributed by atoms with Crippen LogP contribution in [0.15, 0.2) is 30.3 Å². The summed E-state index contributed by atoms with van der Waals surface area (Å²) in [5.41, 5.74) is 7.13. The van der Waals surface area contributed by atoms with Gasteiger partial charge in [0, 0.05) is 0 Å². The van der Waals surface area contributed by atoms with Gasteiger partial charge in [-0.25, -0.2) is 0 Å². The molecule has 1 aromatic carbocycles. The van der Waals surface area contributed by atoms with Crippen LogP contribution in [0.5, 0.6) is 0 Å². The van der Waals surface area contributed by atoms with E-state index in [1.54, 1.807) is 13.8 Å². The minimum atomic E-state index is -3.17. The van der Waals surface area contributed by atoms with Gasteiger partial charge in [-0.3, -0.25) is 4.57 Å². The lowest BCUT2D eigenvalue weighted by atomic mass is 10.1. The van der Waals surface area contributed by atoms with Crippen LogP contribution in [-0.4, -0.2) is 19.0 Å². The van der Waals surface area contributed by atoms with Crippen molar-refractivity contribution in [2.24, 2.45) is 5.73 Å². The van der Waals surface area contributed by atoms with Gasteiger partial charge < -0.3 is 14.8 Å². The topological polar surface area (TPSA) is 61.5 Å². The summed E-state index contributed by atoms with van der Waals surface area (Å²) in [6.07, 6.45) is 1.35. The molecule has 0 heterocycles. The lowest BCUT2D eigenvalue weighted by molar-refractivity contribution is 0.211. The molecule has 0 aliphatic heterocycles. The molecule has 0 amide bonds. The summed E-state index contributed by atoms with van der Waals surface area (Å²) in [6.45, 7) is 4.26. The van der Waals surface area contributed by atoms with Gasteiger partial charge >= 0.3 is 7.60 Å². The van der Waals surface area contributed by atoms with Gasteiger partial charge in [0.2, 0.25) is 0 Å². The average molecular weight is 271 g/mol. The Morgan fingerprint density at radius 2 is 1.72 bits per heavy atom. The van der Waals surface area contributed by atoms with E-state index in [0.29, 0.717) is 19.6 Å². The molecule has 2 N–H and O–H groups in total. The smallest absolute Gasteiger partial charge is 0.318 e. The van der Waals surface area contributed by atoms with Gasteiger partial charge in [0.25, 0.3) is 0 Å². The second kappa shape index (κ2) is 7.70. The fraction of sp³-hybridized carbons (Fsp3) is 0.538. The van der Waals surface area contributed by atoms with E-state index in [1.807, 2.05) is 30.3 Å². The van der Waals surface area contributed by atoms with Crippen LogP contribution in [0.2, 0.25) is 0 Å². The van der Waals surface area contributed by atoms with Crippen molar-refractivity contribution < 1.29 is 13.6 Å². The number of nitrogens with two attached hydrogens (primary N) is 1. The van der Waals surface area contributed by atoms with Crippen molar-refractivity contribution in [3.05, 3.63) is 35.9 Å². The fourth-order valence-electron chi connectivity index (χ4n) is 1.71. The van der Waals surface area contributed by atoms with Crippen LogP contribution < -0.4 is 5.73 Å². The molecule has 0 bridgehead atoms. The first-order chi connectivity index (χ1) is 8.62. The molecule has 5 heteroatoms. The third kappa shape index (κ3) is 4.54. The lowest BCUT2D eigenvalue weighted by Gasteiger charge is -2.23. The summed E-state index contributed by atoms with van der Waals surface area (Å²) in [6, 6.07) is 9.98. The molecule has 0 aromatic heterocycles. The fourth-order valence-corrected chi connectivity index (χ4v) is 3.33. The largest absolute Gasteiger partial charge is 0.347 e. The first-order valence-corrected chi connectivity index (χ1v) is 7.92. The number of hydrogen-bond acceptors (Lipinski definition) is 4. The molecule has 1 atom stereocenters. The van der Waals surface area contributed by atoms with Gasteiger partial charge in [0.15, 0.2) is 0 Å². The summed E-state index contributed by atoms with van der Waals surface area (Å²) in [5.74, 6) is -0.572. The Morgan fingerprint density at radius 1 is 1.17 bits per heavy atom.